The van der Waals surface area contributed by atoms with E-state index in [1.807, 2.05) is 24.3 Å². The van der Waals surface area contributed by atoms with E-state index in [4.69, 9.17) is 18.9 Å². The first-order valence-corrected chi connectivity index (χ1v) is 13.2. The van der Waals surface area contributed by atoms with E-state index in [2.05, 4.69) is 40.7 Å². The van der Waals surface area contributed by atoms with Gasteiger partial charge in [0.2, 0.25) is 0 Å². The van der Waals surface area contributed by atoms with Crippen molar-refractivity contribution in [2.75, 3.05) is 7.11 Å². The Morgan fingerprint density at radius 3 is 2.43 bits per heavy atom. The number of phenols is 1. The van der Waals surface area contributed by atoms with E-state index in [-0.39, 0.29) is 34.4 Å². The number of methoxy groups -OCH3 is 1. The van der Waals surface area contributed by atoms with E-state index < -0.39 is 0 Å². The standard InChI is InChI=1S/C31H38O6/c1-29(2)11-9-22-23(33)14-20(15-24(22)36-29)8-7-19-13-21-17-26-30(3,4)27(35-18-32)10-12-31(26,5)37-28(21)25(16-19)34-6/h7-8,13-16,18,26-27,33H,9-12,17H2,1-6H3/b8-7+/t26-,27-,31-/m1/s1. The smallest absolute Gasteiger partial charge is 0.293 e. The number of phenolic OH excluding ortho intramolecular Hbond substituents is 1. The largest absolute Gasteiger partial charge is 0.508 e. The Morgan fingerprint density at radius 1 is 1.00 bits per heavy atom. The molecule has 1 saturated carbocycles. The molecule has 0 spiro atoms. The summed E-state index contributed by atoms with van der Waals surface area (Å²) in [5.74, 6) is 2.70. The topological polar surface area (TPSA) is 74.2 Å². The number of rotatable bonds is 5. The average molecular weight is 507 g/mol. The van der Waals surface area contributed by atoms with Gasteiger partial charge in [0.1, 0.15) is 28.8 Å². The molecule has 3 aliphatic rings. The van der Waals surface area contributed by atoms with Crippen molar-refractivity contribution >= 4 is 18.6 Å². The summed E-state index contributed by atoms with van der Waals surface area (Å²) in [5.41, 5.74) is 2.97. The van der Waals surface area contributed by atoms with Gasteiger partial charge in [0, 0.05) is 16.9 Å². The maximum Gasteiger partial charge on any atom is 0.293 e. The SMILES string of the molecule is COc1cc(/C=C/c2cc(O)c3c(c2)OC(C)(C)CC3)cc2c1O[C@]1(C)CC[C@@H](OC=O)C(C)(C)[C@H]1C2. The van der Waals surface area contributed by atoms with Crippen LogP contribution in [0.3, 0.4) is 0 Å². The van der Waals surface area contributed by atoms with Gasteiger partial charge in [-0.25, -0.2) is 0 Å². The second-order valence-corrected chi connectivity index (χ2v) is 12.2. The Labute approximate surface area is 219 Å². The molecule has 37 heavy (non-hydrogen) atoms. The molecule has 0 saturated heterocycles. The molecule has 0 amide bonds. The Bertz CT molecular complexity index is 1240. The third kappa shape index (κ3) is 4.55. The third-order valence-electron chi connectivity index (χ3n) is 8.76. The molecule has 198 valence electrons. The minimum absolute atomic E-state index is 0.137. The summed E-state index contributed by atoms with van der Waals surface area (Å²) >= 11 is 0. The number of fused-ring (bicyclic) bond motifs is 3. The number of hydrogen-bond donors (Lipinski definition) is 1. The first kappa shape index (κ1) is 25.5. The fourth-order valence-electron chi connectivity index (χ4n) is 6.60. The lowest BCUT2D eigenvalue weighted by Crippen LogP contribution is -2.59. The Kier molecular flexibility index (Phi) is 6.20. The van der Waals surface area contributed by atoms with Gasteiger partial charge in [-0.3, -0.25) is 4.79 Å². The summed E-state index contributed by atoms with van der Waals surface area (Å²) in [4.78, 5) is 11.1. The monoisotopic (exact) mass is 506 g/mol. The summed E-state index contributed by atoms with van der Waals surface area (Å²) in [6.45, 7) is 11.2. The molecule has 0 bridgehead atoms. The fourth-order valence-corrected chi connectivity index (χ4v) is 6.60. The van der Waals surface area contributed by atoms with Gasteiger partial charge in [0.25, 0.3) is 6.47 Å². The summed E-state index contributed by atoms with van der Waals surface area (Å²) in [7, 11) is 1.67. The van der Waals surface area contributed by atoms with E-state index >= 15 is 0 Å². The van der Waals surface area contributed by atoms with Gasteiger partial charge in [-0.1, -0.05) is 26.0 Å². The van der Waals surface area contributed by atoms with E-state index in [0.29, 0.717) is 12.2 Å². The van der Waals surface area contributed by atoms with E-state index in [1.54, 1.807) is 13.2 Å². The first-order valence-electron chi connectivity index (χ1n) is 13.2. The number of hydrogen-bond acceptors (Lipinski definition) is 6. The van der Waals surface area contributed by atoms with Crippen molar-refractivity contribution in [1.82, 2.24) is 0 Å². The first-order chi connectivity index (χ1) is 17.5. The number of ether oxygens (including phenoxy) is 4. The molecular formula is C31H38O6. The molecule has 1 N–H and O–H groups in total. The van der Waals surface area contributed by atoms with Crippen LogP contribution >= 0.6 is 0 Å². The van der Waals surface area contributed by atoms with Crippen LogP contribution in [0.25, 0.3) is 12.2 Å². The molecule has 2 aliphatic heterocycles. The highest BCUT2D eigenvalue weighted by Crippen LogP contribution is 2.55. The summed E-state index contributed by atoms with van der Waals surface area (Å²) < 4.78 is 24.1. The zero-order chi connectivity index (χ0) is 26.6. The second kappa shape index (κ2) is 9.00. The molecule has 0 radical (unpaired) electrons. The average Bonchev–Trinajstić information content (AvgIpc) is 2.82. The van der Waals surface area contributed by atoms with Crippen molar-refractivity contribution in [3.8, 4) is 23.0 Å². The van der Waals surface area contributed by atoms with Crippen LogP contribution in [0.4, 0.5) is 0 Å². The Morgan fingerprint density at radius 2 is 1.73 bits per heavy atom. The van der Waals surface area contributed by atoms with Crippen LogP contribution in [-0.4, -0.2) is 36.0 Å². The van der Waals surface area contributed by atoms with Crippen LogP contribution in [0.5, 0.6) is 23.0 Å². The van der Waals surface area contributed by atoms with E-state index in [1.165, 1.54) is 0 Å². The lowest BCUT2D eigenvalue weighted by molar-refractivity contribution is -0.167. The molecule has 1 fully saturated rings. The highest BCUT2D eigenvalue weighted by Gasteiger charge is 2.56. The van der Waals surface area contributed by atoms with Gasteiger partial charge in [-0.15, -0.1) is 0 Å². The lowest BCUT2D eigenvalue weighted by Gasteiger charge is -2.55. The van der Waals surface area contributed by atoms with Crippen molar-refractivity contribution in [1.29, 1.82) is 0 Å². The van der Waals surface area contributed by atoms with Gasteiger partial charge in [0.15, 0.2) is 11.5 Å². The lowest BCUT2D eigenvalue weighted by atomic mass is 9.57. The predicted molar refractivity (Wildman–Crippen MR) is 143 cm³/mol. The fraction of sp³-hybridized carbons (Fsp3) is 0.516. The van der Waals surface area contributed by atoms with E-state index in [9.17, 15) is 9.90 Å². The third-order valence-corrected chi connectivity index (χ3v) is 8.76. The van der Waals surface area contributed by atoms with Gasteiger partial charge in [-0.05, 0) is 93.8 Å². The van der Waals surface area contributed by atoms with Gasteiger partial charge < -0.3 is 24.1 Å². The second-order valence-electron chi connectivity index (χ2n) is 12.2. The molecule has 3 atom stereocenters. The molecule has 2 aromatic carbocycles. The summed E-state index contributed by atoms with van der Waals surface area (Å²) in [6.07, 6.45) is 7.93. The van der Waals surface area contributed by atoms with Crippen LogP contribution in [0.1, 0.15) is 76.1 Å². The number of benzene rings is 2. The predicted octanol–water partition coefficient (Wildman–Crippen LogP) is 6.35. The molecule has 0 aromatic heterocycles. The number of aromatic hydroxyl groups is 1. The highest BCUT2D eigenvalue weighted by atomic mass is 16.5. The normalized spacial score (nSPS) is 27.2. The number of carbonyl (C=O) groups excluding carboxylic acids is 1. The van der Waals surface area contributed by atoms with Crippen LogP contribution in [0.15, 0.2) is 24.3 Å². The molecule has 1 aliphatic carbocycles. The van der Waals surface area contributed by atoms with Crippen molar-refractivity contribution in [3.63, 3.8) is 0 Å². The van der Waals surface area contributed by atoms with Crippen LogP contribution in [0, 0.1) is 11.3 Å². The molecule has 6 nitrogen and oxygen atoms in total. The summed E-state index contributed by atoms with van der Waals surface area (Å²) in [6, 6.07) is 7.92. The van der Waals surface area contributed by atoms with Gasteiger partial charge >= 0.3 is 0 Å². The Hall–Kier alpha value is -3.15. The molecular weight excluding hydrogens is 468 g/mol. The van der Waals surface area contributed by atoms with Gasteiger partial charge in [0.05, 0.1) is 7.11 Å². The van der Waals surface area contributed by atoms with Crippen molar-refractivity contribution in [2.24, 2.45) is 11.3 Å². The van der Waals surface area contributed by atoms with E-state index in [0.717, 1.165) is 65.9 Å². The van der Waals surface area contributed by atoms with Crippen molar-refractivity contribution in [2.45, 2.75) is 84.0 Å². The molecule has 6 heteroatoms. The van der Waals surface area contributed by atoms with Crippen molar-refractivity contribution < 1.29 is 28.8 Å². The summed E-state index contributed by atoms with van der Waals surface area (Å²) in [5, 5.41) is 10.6. The quantitative estimate of drug-likeness (QED) is 0.376. The highest BCUT2D eigenvalue weighted by molar-refractivity contribution is 5.74. The minimum Gasteiger partial charge on any atom is -0.508 e. The van der Waals surface area contributed by atoms with Gasteiger partial charge in [-0.2, -0.15) is 0 Å². The van der Waals surface area contributed by atoms with Crippen LogP contribution in [-0.2, 0) is 22.4 Å². The maximum absolute atomic E-state index is 11.1. The van der Waals surface area contributed by atoms with Crippen LogP contribution in [0.2, 0.25) is 0 Å². The maximum atomic E-state index is 11.1. The molecule has 5 rings (SSSR count). The van der Waals surface area contributed by atoms with Crippen molar-refractivity contribution in [3.05, 3.63) is 46.5 Å². The zero-order valence-electron chi connectivity index (χ0n) is 22.7. The molecule has 2 aromatic rings. The molecule has 0 unspecified atom stereocenters. The number of carbonyl (C=O) groups is 1. The van der Waals surface area contributed by atoms with Crippen LogP contribution < -0.4 is 14.2 Å². The minimum atomic E-state index is -0.363. The molecule has 2 heterocycles. The Balaban J connectivity index is 1.47. The zero-order valence-corrected chi connectivity index (χ0v) is 22.7.